The highest BCUT2D eigenvalue weighted by Crippen LogP contribution is 2.36. The fourth-order valence-electron chi connectivity index (χ4n) is 12.5. The van der Waals surface area contributed by atoms with Crippen molar-refractivity contribution >= 4 is 116 Å². The molecule has 0 aliphatic carbocycles. The Morgan fingerprint density at radius 3 is 0.858 bits per heavy atom. The van der Waals surface area contributed by atoms with Gasteiger partial charge in [0.25, 0.3) is 0 Å². The summed E-state index contributed by atoms with van der Waals surface area (Å²) in [5.74, 6) is -8.40. The van der Waals surface area contributed by atoms with Crippen LogP contribution in [0.25, 0.3) is 0 Å². The molecule has 592 valence electrons. The number of likely N-dealkylation sites (tertiary alicyclic amines) is 3. The third-order valence-corrected chi connectivity index (χ3v) is 18.4. The fourth-order valence-corrected chi connectivity index (χ4v) is 12.5. The Labute approximate surface area is 648 Å². The third-order valence-electron chi connectivity index (χ3n) is 18.4. The van der Waals surface area contributed by atoms with Crippen molar-refractivity contribution in [1.29, 1.82) is 0 Å². The van der Waals surface area contributed by atoms with Crippen LogP contribution >= 0.6 is 0 Å². The highest BCUT2D eigenvalue weighted by atomic mass is 16.4. The number of pyridine rings is 8. The van der Waals surface area contributed by atoms with Crippen LogP contribution in [0.3, 0.4) is 0 Å². The van der Waals surface area contributed by atoms with E-state index in [1.54, 1.807) is 42.6 Å². The van der Waals surface area contributed by atoms with Gasteiger partial charge in [-0.15, -0.1) is 0 Å². The lowest BCUT2D eigenvalue weighted by atomic mass is 9.92. The van der Waals surface area contributed by atoms with Crippen LogP contribution in [0.4, 0.5) is 45.5 Å². The lowest BCUT2D eigenvalue weighted by molar-refractivity contribution is -0.147. The van der Waals surface area contributed by atoms with Crippen LogP contribution in [0.2, 0.25) is 0 Å². The molecule has 0 radical (unpaired) electrons. The van der Waals surface area contributed by atoms with Crippen molar-refractivity contribution in [2.45, 2.75) is 103 Å². The molecule has 11 amide bonds. The largest absolute Gasteiger partial charge is 0.474 e. The standard InChI is InChI=1S/3C19H22N6O3.C11H17N3.C8H7N3O4/c3*1-11-2-5-16(15-4-3-13(20)8-23-15)25(10-11)19(28)18(27)24-14-6-12(17(21)26)7-22-9-14;1-8-2-4-10(13-6-8)11-5-3-9(12)7-14-11;9-6(12)4-1-5(3-10-2-4)11-7(13)8(14)15/h3*3-4,6-9,11,16H,2,5,10,20H2,1H3,(H2,21,26)(H,24,27);3,5,7-8,10,13H,2,4,6,12H2,1H3;1-3H,(H2,9,12)(H,11,13)(H,14,15)/t3*11-,16+;8-,10+;/m1101./s1. The van der Waals surface area contributed by atoms with Gasteiger partial charge in [-0.1, -0.05) is 27.7 Å². The number of nitrogens with two attached hydrogens (primary N) is 8. The number of nitrogen functional groups attached to an aromatic ring is 4. The van der Waals surface area contributed by atoms with Crippen molar-refractivity contribution in [1.82, 2.24) is 59.9 Å². The van der Waals surface area contributed by atoms with E-state index in [0.29, 0.717) is 79.1 Å². The number of carbonyl (C=O) groups is 12. The molecule has 37 nitrogen and oxygen atoms in total. The van der Waals surface area contributed by atoms with E-state index in [1.165, 1.54) is 120 Å². The monoisotopic (exact) mass is 1550 g/mol. The zero-order valence-corrected chi connectivity index (χ0v) is 62.3. The van der Waals surface area contributed by atoms with E-state index in [0.717, 1.165) is 43.1 Å². The van der Waals surface area contributed by atoms with E-state index in [1.807, 2.05) is 38.2 Å². The van der Waals surface area contributed by atoms with Crippen molar-refractivity contribution < 1.29 is 62.6 Å². The van der Waals surface area contributed by atoms with Crippen LogP contribution in [-0.2, 0) is 38.4 Å². The van der Waals surface area contributed by atoms with Gasteiger partial charge in [0.2, 0.25) is 23.6 Å². The number of piperidine rings is 4. The highest BCUT2D eigenvalue weighted by molar-refractivity contribution is 6.41. The Bertz CT molecular complexity index is 4390. The first-order chi connectivity index (χ1) is 53.8. The maximum atomic E-state index is 12.9. The molecule has 113 heavy (non-hydrogen) atoms. The first-order valence-corrected chi connectivity index (χ1v) is 35.8. The summed E-state index contributed by atoms with van der Waals surface area (Å²) in [7, 11) is 0. The first kappa shape index (κ1) is 84.6. The van der Waals surface area contributed by atoms with Crippen LogP contribution in [0.1, 0.15) is 167 Å². The van der Waals surface area contributed by atoms with Crippen LogP contribution < -0.4 is 72.5 Å². The summed E-state index contributed by atoms with van der Waals surface area (Å²) in [5.41, 5.74) is 50.1. The molecule has 8 aromatic rings. The van der Waals surface area contributed by atoms with Gasteiger partial charge in [0, 0.05) is 50.5 Å². The number of amides is 11. The van der Waals surface area contributed by atoms with E-state index in [9.17, 15) is 57.5 Å². The van der Waals surface area contributed by atoms with E-state index >= 15 is 0 Å². The second-order valence-electron chi connectivity index (χ2n) is 27.6. The van der Waals surface area contributed by atoms with Gasteiger partial charge in [-0.3, -0.25) is 92.6 Å². The number of carbonyl (C=O) groups excluding carboxylic acids is 11. The molecule has 4 fully saturated rings. The quantitative estimate of drug-likeness (QED) is 0.0761. The summed E-state index contributed by atoms with van der Waals surface area (Å²) in [4.78, 5) is 179. The molecule has 8 atom stereocenters. The average molecular weight is 1550 g/mol. The molecule has 0 aromatic carbocycles. The van der Waals surface area contributed by atoms with Crippen molar-refractivity contribution in [3.8, 4) is 0 Å². The molecule has 0 unspecified atom stereocenters. The molecule has 4 saturated heterocycles. The van der Waals surface area contributed by atoms with Crippen molar-refractivity contribution in [3.63, 3.8) is 0 Å². The number of aromatic nitrogens is 8. The lowest BCUT2D eigenvalue weighted by Crippen LogP contribution is -2.46. The normalized spacial score (nSPS) is 18.8. The molecule has 22 N–H and O–H groups in total. The Balaban J connectivity index is 0.000000182. The average Bonchev–Trinajstić information content (AvgIpc) is 0.813. The van der Waals surface area contributed by atoms with Gasteiger partial charge in [-0.05, 0) is 154 Å². The number of primary amides is 4. The molecule has 4 aliphatic heterocycles. The highest BCUT2D eigenvalue weighted by Gasteiger charge is 2.38. The minimum Gasteiger partial charge on any atom is -0.474 e. The summed E-state index contributed by atoms with van der Waals surface area (Å²) in [6.07, 6.45) is 24.0. The number of aliphatic carboxylic acids is 1. The second kappa shape index (κ2) is 39.9. The van der Waals surface area contributed by atoms with Crippen molar-refractivity contribution in [2.24, 2.45) is 46.6 Å². The van der Waals surface area contributed by atoms with Crippen LogP contribution in [0.15, 0.2) is 147 Å². The Kier molecular flexibility index (Phi) is 29.9. The van der Waals surface area contributed by atoms with Gasteiger partial charge < -0.3 is 92.3 Å². The minimum atomic E-state index is -1.63. The molecule has 12 heterocycles. The lowest BCUT2D eigenvalue weighted by Gasteiger charge is -2.37. The number of nitrogens with zero attached hydrogens (tertiary/aromatic N) is 11. The van der Waals surface area contributed by atoms with E-state index < -0.39 is 70.9 Å². The first-order valence-electron chi connectivity index (χ1n) is 35.8. The van der Waals surface area contributed by atoms with Crippen LogP contribution in [0.5, 0.6) is 0 Å². The van der Waals surface area contributed by atoms with Gasteiger partial charge in [-0.25, -0.2) is 4.79 Å². The smallest absolute Gasteiger partial charge is 0.394 e. The Morgan fingerprint density at radius 2 is 0.619 bits per heavy atom. The number of hydrogen-bond donors (Lipinski definition) is 14. The molecular weight excluding hydrogens is 1460 g/mol. The van der Waals surface area contributed by atoms with Gasteiger partial charge in [0.15, 0.2) is 0 Å². The summed E-state index contributed by atoms with van der Waals surface area (Å²) in [6.45, 7) is 10.8. The molecule has 37 heteroatoms. The summed E-state index contributed by atoms with van der Waals surface area (Å²) < 4.78 is 0. The maximum Gasteiger partial charge on any atom is 0.394 e. The molecule has 12 rings (SSSR count). The molecular formula is C76H90N24O13. The maximum absolute atomic E-state index is 12.9. The van der Waals surface area contributed by atoms with Gasteiger partial charge in [0.05, 0.1) is 158 Å². The number of hydrogen-bond acceptors (Lipinski definition) is 25. The molecule has 8 aromatic heterocycles. The van der Waals surface area contributed by atoms with Gasteiger partial charge in [0.1, 0.15) is 0 Å². The number of anilines is 8. The SMILES string of the molecule is C[C@@H]1CC[C@@H](c2ccc(N)cn2)N(C(=O)C(=O)Nc2cncc(C(N)=O)c2)C1.C[C@@H]1CC[C@@H](c2ccc(N)cn2)N(C(=O)C(=O)Nc2cncc(C(N)=O)c2)C1.C[C@@H]1CC[C@@H](c2ccc(N)cn2)NC1.C[C@H]1CC[C@H](c2ccc(N)cn2)N(C(=O)C(=O)Nc2cncc(C(N)=O)c2)C1.NC(=O)c1cncc(NC(=O)C(=O)O)c1. The van der Waals surface area contributed by atoms with Gasteiger partial charge >= 0.3 is 47.3 Å². The van der Waals surface area contributed by atoms with E-state index in [2.05, 4.69) is 68.1 Å². The van der Waals surface area contributed by atoms with E-state index in [-0.39, 0.29) is 80.9 Å². The Hall–Kier alpha value is -14.0. The Morgan fingerprint density at radius 1 is 0.354 bits per heavy atom. The third kappa shape index (κ3) is 24.8. The summed E-state index contributed by atoms with van der Waals surface area (Å²) >= 11 is 0. The second-order valence-corrected chi connectivity index (χ2v) is 27.6. The fraction of sp³-hybridized carbons (Fsp3) is 0.316. The minimum absolute atomic E-state index is 0.0817. The number of carboxylic acids is 1. The molecule has 0 bridgehead atoms. The van der Waals surface area contributed by atoms with Crippen LogP contribution in [0, 0.1) is 23.7 Å². The predicted molar refractivity (Wildman–Crippen MR) is 415 cm³/mol. The van der Waals surface area contributed by atoms with Crippen molar-refractivity contribution in [3.05, 3.63) is 192 Å². The van der Waals surface area contributed by atoms with Gasteiger partial charge in [-0.2, -0.15) is 0 Å². The number of rotatable bonds is 12. The number of carboxylic acid groups (broad SMARTS) is 1. The molecule has 4 aliphatic rings. The summed E-state index contributed by atoms with van der Waals surface area (Å²) in [6, 6.07) is 19.3. The zero-order chi connectivity index (χ0) is 82.2. The summed E-state index contributed by atoms with van der Waals surface area (Å²) in [5, 5.41) is 21.3. The van der Waals surface area contributed by atoms with Crippen LogP contribution in [-0.4, -0.2) is 157 Å². The van der Waals surface area contributed by atoms with Crippen molar-refractivity contribution in [2.75, 3.05) is 70.4 Å². The number of nitrogens with one attached hydrogen (secondary N) is 5. The van der Waals surface area contributed by atoms with E-state index in [4.69, 9.17) is 51.0 Å². The molecule has 0 saturated carbocycles. The topological polar surface area (TPSA) is 606 Å². The molecule has 0 spiro atoms. The predicted octanol–water partition coefficient (Wildman–Crippen LogP) is 4.22. The zero-order valence-electron chi connectivity index (χ0n) is 62.3.